The average Bonchev–Trinajstić information content (AvgIpc) is 2.80. The Balaban J connectivity index is 1.44. The smallest absolute Gasteiger partial charge is 0.292 e. The van der Waals surface area contributed by atoms with Crippen LogP contribution in [0, 0.1) is 16.0 Å². The van der Waals surface area contributed by atoms with Gasteiger partial charge in [-0.15, -0.1) is 10.2 Å². The van der Waals surface area contributed by atoms with Crippen LogP contribution >= 0.6 is 0 Å². The molecule has 3 heterocycles. The van der Waals surface area contributed by atoms with Crippen LogP contribution in [0.4, 0.5) is 17.2 Å². The number of aromatic nitrogens is 3. The highest BCUT2D eigenvalue weighted by molar-refractivity contribution is 5.95. The van der Waals surface area contributed by atoms with Crippen molar-refractivity contribution in [2.75, 3.05) is 23.3 Å². The number of carbonyl (C=O) groups is 1. The minimum atomic E-state index is -0.498. The van der Waals surface area contributed by atoms with Gasteiger partial charge in [-0.25, -0.2) is 0 Å². The summed E-state index contributed by atoms with van der Waals surface area (Å²) in [4.78, 5) is 29.5. The Labute approximate surface area is 172 Å². The van der Waals surface area contributed by atoms with E-state index in [1.165, 1.54) is 6.07 Å². The number of amides is 1. The fraction of sp³-hybridized carbons (Fsp3) is 0.238. The molecule has 9 nitrogen and oxygen atoms in total. The van der Waals surface area contributed by atoms with Crippen LogP contribution in [0.2, 0.25) is 0 Å². The van der Waals surface area contributed by atoms with Crippen LogP contribution in [-0.2, 0) is 4.79 Å². The molecule has 1 aliphatic heterocycles. The topological polar surface area (TPSA) is 114 Å². The summed E-state index contributed by atoms with van der Waals surface area (Å²) >= 11 is 0. The van der Waals surface area contributed by atoms with Gasteiger partial charge in [0.15, 0.2) is 5.82 Å². The van der Waals surface area contributed by atoms with Crippen molar-refractivity contribution in [3.05, 3.63) is 71.0 Å². The molecule has 1 aromatic carbocycles. The van der Waals surface area contributed by atoms with Gasteiger partial charge in [-0.2, -0.15) is 0 Å². The Morgan fingerprint density at radius 1 is 1.13 bits per heavy atom. The van der Waals surface area contributed by atoms with Gasteiger partial charge in [-0.3, -0.25) is 19.9 Å². The lowest BCUT2D eigenvalue weighted by Gasteiger charge is -2.32. The van der Waals surface area contributed by atoms with E-state index in [-0.39, 0.29) is 23.2 Å². The molecule has 1 unspecified atom stereocenters. The number of para-hydroxylation sites is 2. The van der Waals surface area contributed by atoms with Gasteiger partial charge in [0.05, 0.1) is 16.5 Å². The number of nitrogens with one attached hydrogen (secondary N) is 1. The number of nitrogens with zero attached hydrogens (tertiary/aromatic N) is 5. The molecule has 4 rings (SSSR count). The molecule has 0 aliphatic carbocycles. The zero-order chi connectivity index (χ0) is 20.9. The summed E-state index contributed by atoms with van der Waals surface area (Å²) in [6, 6.07) is 13.7. The number of rotatable bonds is 5. The van der Waals surface area contributed by atoms with Crippen molar-refractivity contribution in [3.8, 4) is 11.3 Å². The first-order chi connectivity index (χ1) is 14.6. The number of hydrogen-bond acceptors (Lipinski definition) is 7. The monoisotopic (exact) mass is 404 g/mol. The molecule has 0 bridgehead atoms. The second-order valence-electron chi connectivity index (χ2n) is 7.07. The molecule has 1 fully saturated rings. The van der Waals surface area contributed by atoms with Crippen molar-refractivity contribution in [2.24, 2.45) is 5.92 Å². The lowest BCUT2D eigenvalue weighted by molar-refractivity contribution is -0.383. The maximum Gasteiger partial charge on any atom is 0.292 e. The number of pyridine rings is 1. The van der Waals surface area contributed by atoms with E-state index in [0.717, 1.165) is 24.2 Å². The predicted molar refractivity (Wildman–Crippen MR) is 112 cm³/mol. The highest BCUT2D eigenvalue weighted by Crippen LogP contribution is 2.27. The molecule has 1 atom stereocenters. The third-order valence-electron chi connectivity index (χ3n) is 5.08. The van der Waals surface area contributed by atoms with E-state index in [2.05, 4.69) is 20.5 Å². The van der Waals surface area contributed by atoms with E-state index in [1.807, 2.05) is 29.2 Å². The Bertz CT molecular complexity index is 1040. The van der Waals surface area contributed by atoms with Crippen molar-refractivity contribution >= 4 is 23.1 Å². The van der Waals surface area contributed by atoms with Gasteiger partial charge in [0.25, 0.3) is 5.69 Å². The third kappa shape index (κ3) is 4.24. The van der Waals surface area contributed by atoms with Gasteiger partial charge in [0.1, 0.15) is 5.69 Å². The van der Waals surface area contributed by atoms with Crippen LogP contribution in [0.3, 0.4) is 0 Å². The molecule has 1 amide bonds. The molecule has 30 heavy (non-hydrogen) atoms. The van der Waals surface area contributed by atoms with Crippen LogP contribution < -0.4 is 10.2 Å². The normalized spacial score (nSPS) is 16.1. The van der Waals surface area contributed by atoms with Crippen molar-refractivity contribution in [1.82, 2.24) is 15.2 Å². The first-order valence-electron chi connectivity index (χ1n) is 9.65. The van der Waals surface area contributed by atoms with Crippen LogP contribution in [0.5, 0.6) is 0 Å². The molecular formula is C21H20N6O3. The SMILES string of the molecule is O=C(Nc1ccccc1[N+](=O)[O-])C1CCCN(c2ccc(-c3cccnc3)nn2)C1. The summed E-state index contributed by atoms with van der Waals surface area (Å²) in [7, 11) is 0. The van der Waals surface area contributed by atoms with Crippen molar-refractivity contribution in [3.63, 3.8) is 0 Å². The largest absolute Gasteiger partial charge is 0.354 e. The van der Waals surface area contributed by atoms with Crippen molar-refractivity contribution in [2.45, 2.75) is 12.8 Å². The Morgan fingerprint density at radius 2 is 2.00 bits per heavy atom. The van der Waals surface area contributed by atoms with Crippen molar-refractivity contribution < 1.29 is 9.72 Å². The number of benzene rings is 1. The Kier molecular flexibility index (Phi) is 5.60. The number of carbonyl (C=O) groups excluding carboxylic acids is 1. The lowest BCUT2D eigenvalue weighted by atomic mass is 9.97. The molecule has 1 N–H and O–H groups in total. The fourth-order valence-electron chi connectivity index (χ4n) is 3.53. The van der Waals surface area contributed by atoms with E-state index in [0.29, 0.717) is 18.8 Å². The molecule has 0 radical (unpaired) electrons. The quantitative estimate of drug-likeness (QED) is 0.512. The minimum absolute atomic E-state index is 0.115. The summed E-state index contributed by atoms with van der Waals surface area (Å²) in [5.41, 5.74) is 1.71. The molecule has 2 aromatic heterocycles. The molecule has 0 spiro atoms. The van der Waals surface area contributed by atoms with E-state index in [1.54, 1.807) is 30.6 Å². The Morgan fingerprint density at radius 3 is 2.73 bits per heavy atom. The van der Waals surface area contributed by atoms with Gasteiger partial charge in [0, 0.05) is 37.1 Å². The average molecular weight is 404 g/mol. The zero-order valence-corrected chi connectivity index (χ0v) is 16.1. The summed E-state index contributed by atoms with van der Waals surface area (Å²) in [6.45, 7) is 1.25. The summed E-state index contributed by atoms with van der Waals surface area (Å²) in [5.74, 6) is 0.179. The van der Waals surface area contributed by atoms with Crippen LogP contribution in [0.25, 0.3) is 11.3 Å². The first-order valence-corrected chi connectivity index (χ1v) is 9.65. The van der Waals surface area contributed by atoms with Crippen LogP contribution in [0.1, 0.15) is 12.8 Å². The fourth-order valence-corrected chi connectivity index (χ4v) is 3.53. The first kappa shape index (κ1) is 19.4. The number of hydrogen-bond donors (Lipinski definition) is 1. The summed E-state index contributed by atoms with van der Waals surface area (Å²) in [5, 5.41) is 22.5. The highest BCUT2D eigenvalue weighted by Gasteiger charge is 2.28. The maximum atomic E-state index is 12.8. The maximum absolute atomic E-state index is 12.8. The number of nitro benzene ring substituents is 1. The van der Waals surface area contributed by atoms with E-state index >= 15 is 0 Å². The standard InChI is InChI=1S/C21H20N6O3/c28-21(23-18-7-1-2-8-19(18)27(29)30)16-6-4-12-26(14-16)20-10-9-17(24-25-20)15-5-3-11-22-13-15/h1-3,5,7-11,13,16H,4,6,12,14H2,(H,23,28). The number of piperidine rings is 1. The van der Waals surface area contributed by atoms with E-state index in [9.17, 15) is 14.9 Å². The minimum Gasteiger partial charge on any atom is -0.354 e. The molecule has 1 saturated heterocycles. The highest BCUT2D eigenvalue weighted by atomic mass is 16.6. The van der Waals surface area contributed by atoms with Crippen LogP contribution in [-0.4, -0.2) is 39.1 Å². The summed E-state index contributed by atoms with van der Waals surface area (Å²) in [6.07, 6.45) is 4.97. The van der Waals surface area contributed by atoms with Crippen molar-refractivity contribution in [1.29, 1.82) is 0 Å². The molecule has 1 aliphatic rings. The zero-order valence-electron chi connectivity index (χ0n) is 16.1. The van der Waals surface area contributed by atoms with Gasteiger partial charge >= 0.3 is 0 Å². The molecule has 0 saturated carbocycles. The third-order valence-corrected chi connectivity index (χ3v) is 5.08. The van der Waals surface area contributed by atoms with Crippen LogP contribution in [0.15, 0.2) is 60.9 Å². The van der Waals surface area contributed by atoms with Gasteiger partial charge in [0.2, 0.25) is 5.91 Å². The van der Waals surface area contributed by atoms with E-state index in [4.69, 9.17) is 0 Å². The summed E-state index contributed by atoms with van der Waals surface area (Å²) < 4.78 is 0. The van der Waals surface area contributed by atoms with E-state index < -0.39 is 4.92 Å². The second kappa shape index (κ2) is 8.64. The van der Waals surface area contributed by atoms with Gasteiger partial charge in [-0.1, -0.05) is 12.1 Å². The molecule has 9 heteroatoms. The predicted octanol–water partition coefficient (Wildman–Crippen LogP) is 3.30. The van der Waals surface area contributed by atoms with Gasteiger partial charge < -0.3 is 10.2 Å². The number of anilines is 2. The molecular weight excluding hydrogens is 384 g/mol. The number of nitro groups is 1. The second-order valence-corrected chi connectivity index (χ2v) is 7.07. The lowest BCUT2D eigenvalue weighted by Crippen LogP contribution is -2.41. The Hall–Kier alpha value is -3.88. The molecule has 3 aromatic rings. The molecule has 152 valence electrons. The van der Waals surface area contributed by atoms with Gasteiger partial charge in [-0.05, 0) is 43.2 Å².